The van der Waals surface area contributed by atoms with Gasteiger partial charge in [-0.3, -0.25) is 4.98 Å². The minimum absolute atomic E-state index is 0.124. The maximum absolute atomic E-state index is 12.6. The Bertz CT molecular complexity index is 599. The van der Waals surface area contributed by atoms with Crippen molar-refractivity contribution >= 4 is 0 Å². The molecule has 0 aliphatic rings. The predicted octanol–water partition coefficient (Wildman–Crippen LogP) is 3.40. The van der Waals surface area contributed by atoms with E-state index in [9.17, 15) is 13.2 Å². The van der Waals surface area contributed by atoms with E-state index in [0.717, 1.165) is 17.8 Å². The van der Waals surface area contributed by atoms with Gasteiger partial charge in [0.15, 0.2) is 0 Å². The van der Waals surface area contributed by atoms with Crippen molar-refractivity contribution in [1.82, 2.24) is 10.3 Å². The molecule has 6 heteroatoms. The van der Waals surface area contributed by atoms with Crippen LogP contribution in [0.4, 0.5) is 13.2 Å². The Labute approximate surface area is 120 Å². The number of hydrogen-bond acceptors (Lipinski definition) is 3. The Morgan fingerprint density at radius 1 is 1.10 bits per heavy atom. The first-order valence-corrected chi connectivity index (χ1v) is 6.38. The summed E-state index contributed by atoms with van der Waals surface area (Å²) >= 11 is 0. The second kappa shape index (κ2) is 6.58. The molecule has 21 heavy (non-hydrogen) atoms. The van der Waals surface area contributed by atoms with Crippen LogP contribution < -0.4 is 10.1 Å². The van der Waals surface area contributed by atoms with Crippen molar-refractivity contribution in [3.05, 3.63) is 59.4 Å². The molecule has 0 atom stereocenters. The first-order valence-electron chi connectivity index (χ1n) is 6.38. The zero-order valence-corrected chi connectivity index (χ0v) is 11.4. The molecule has 1 aromatic heterocycles. The van der Waals surface area contributed by atoms with Crippen molar-refractivity contribution < 1.29 is 17.9 Å². The number of ether oxygens (including phenoxy) is 1. The third-order valence-electron chi connectivity index (χ3n) is 2.77. The molecule has 1 aromatic carbocycles. The highest BCUT2D eigenvalue weighted by atomic mass is 19.4. The fourth-order valence-electron chi connectivity index (χ4n) is 1.81. The molecule has 1 N–H and O–H groups in total. The normalized spacial score (nSPS) is 11.4. The fraction of sp³-hybridized carbons (Fsp3) is 0.267. The van der Waals surface area contributed by atoms with Crippen LogP contribution in [0.3, 0.4) is 0 Å². The van der Waals surface area contributed by atoms with Gasteiger partial charge in [-0.15, -0.1) is 0 Å². The minimum Gasteiger partial charge on any atom is -0.487 e. The number of pyridine rings is 1. The van der Waals surface area contributed by atoms with Crippen LogP contribution in [-0.4, -0.2) is 12.0 Å². The van der Waals surface area contributed by atoms with Crippen molar-refractivity contribution in [1.29, 1.82) is 0 Å². The maximum atomic E-state index is 12.6. The van der Waals surface area contributed by atoms with Crippen LogP contribution in [0, 0.1) is 0 Å². The molecule has 0 amide bonds. The average Bonchev–Trinajstić information content (AvgIpc) is 2.45. The number of benzene rings is 1. The van der Waals surface area contributed by atoms with Crippen LogP contribution in [-0.2, 0) is 19.3 Å². The molecule has 0 unspecified atom stereocenters. The lowest BCUT2D eigenvalue weighted by atomic mass is 10.2. The van der Waals surface area contributed by atoms with E-state index in [1.165, 1.54) is 12.1 Å². The van der Waals surface area contributed by atoms with E-state index in [0.29, 0.717) is 12.2 Å². The number of hydrogen-bond donors (Lipinski definition) is 1. The SMILES string of the molecule is CNCc1cccc(COc2cccc(C(F)(F)F)c2)n1. The highest BCUT2D eigenvalue weighted by Gasteiger charge is 2.30. The highest BCUT2D eigenvalue weighted by Crippen LogP contribution is 2.31. The summed E-state index contributed by atoms with van der Waals surface area (Å²) in [4.78, 5) is 4.34. The minimum atomic E-state index is -4.37. The van der Waals surface area contributed by atoms with Crippen LogP contribution >= 0.6 is 0 Å². The standard InChI is InChI=1S/C15H15F3N2O/c1-19-9-12-5-3-6-13(20-12)10-21-14-7-2-4-11(8-14)15(16,17)18/h2-8,19H,9-10H2,1H3. The van der Waals surface area contributed by atoms with Gasteiger partial charge in [0.2, 0.25) is 0 Å². The van der Waals surface area contributed by atoms with Crippen LogP contribution in [0.5, 0.6) is 5.75 Å². The van der Waals surface area contributed by atoms with Gasteiger partial charge in [0.05, 0.1) is 17.0 Å². The van der Waals surface area contributed by atoms with E-state index in [1.807, 2.05) is 19.2 Å². The number of alkyl halides is 3. The largest absolute Gasteiger partial charge is 0.487 e. The topological polar surface area (TPSA) is 34.1 Å². The Morgan fingerprint density at radius 2 is 1.81 bits per heavy atom. The molecule has 0 aliphatic carbocycles. The van der Waals surface area contributed by atoms with Gasteiger partial charge in [-0.2, -0.15) is 13.2 Å². The van der Waals surface area contributed by atoms with Crippen molar-refractivity contribution in [3.63, 3.8) is 0 Å². The summed E-state index contributed by atoms with van der Waals surface area (Å²) in [6.45, 7) is 0.746. The summed E-state index contributed by atoms with van der Waals surface area (Å²) in [5.41, 5.74) is 0.791. The molecular formula is C15H15F3N2O. The smallest absolute Gasteiger partial charge is 0.416 e. The second-order valence-electron chi connectivity index (χ2n) is 4.46. The van der Waals surface area contributed by atoms with E-state index in [2.05, 4.69) is 10.3 Å². The number of aromatic nitrogens is 1. The van der Waals surface area contributed by atoms with Gasteiger partial charge in [-0.25, -0.2) is 0 Å². The number of halogens is 3. The van der Waals surface area contributed by atoms with Crippen LogP contribution in [0.2, 0.25) is 0 Å². The highest BCUT2D eigenvalue weighted by molar-refractivity contribution is 5.30. The molecule has 0 saturated carbocycles. The summed E-state index contributed by atoms with van der Waals surface area (Å²) in [6.07, 6.45) is -4.37. The first kappa shape index (κ1) is 15.3. The quantitative estimate of drug-likeness (QED) is 0.918. The van der Waals surface area contributed by atoms with Gasteiger partial charge in [-0.1, -0.05) is 12.1 Å². The lowest BCUT2D eigenvalue weighted by Gasteiger charge is -2.10. The summed E-state index contributed by atoms with van der Waals surface area (Å²) in [7, 11) is 1.81. The summed E-state index contributed by atoms with van der Waals surface area (Å²) < 4.78 is 43.2. The van der Waals surface area contributed by atoms with E-state index in [-0.39, 0.29) is 12.4 Å². The molecular weight excluding hydrogens is 281 g/mol. The molecule has 0 aliphatic heterocycles. The molecule has 112 valence electrons. The van der Waals surface area contributed by atoms with E-state index < -0.39 is 11.7 Å². The Hall–Kier alpha value is -2.08. The third-order valence-corrected chi connectivity index (χ3v) is 2.77. The Morgan fingerprint density at radius 3 is 2.52 bits per heavy atom. The van der Waals surface area contributed by atoms with Crippen LogP contribution in [0.1, 0.15) is 17.0 Å². The third kappa shape index (κ3) is 4.46. The first-order chi connectivity index (χ1) is 9.99. The van der Waals surface area contributed by atoms with Crippen molar-refractivity contribution in [2.45, 2.75) is 19.3 Å². The van der Waals surface area contributed by atoms with Gasteiger partial charge in [0.25, 0.3) is 0 Å². The molecule has 1 heterocycles. The molecule has 0 fully saturated rings. The number of nitrogens with one attached hydrogen (secondary N) is 1. The van der Waals surface area contributed by atoms with Gasteiger partial charge >= 0.3 is 6.18 Å². The lowest BCUT2D eigenvalue weighted by Crippen LogP contribution is -2.09. The van der Waals surface area contributed by atoms with Crippen LogP contribution in [0.15, 0.2) is 42.5 Å². The molecule has 2 rings (SSSR count). The zero-order chi connectivity index (χ0) is 15.3. The number of rotatable bonds is 5. The Kier molecular flexibility index (Phi) is 4.80. The van der Waals surface area contributed by atoms with Gasteiger partial charge in [-0.05, 0) is 37.4 Å². The van der Waals surface area contributed by atoms with E-state index in [4.69, 9.17) is 4.74 Å². The molecule has 2 aromatic rings. The summed E-state index contributed by atoms with van der Waals surface area (Å²) in [6, 6.07) is 10.3. The van der Waals surface area contributed by atoms with Crippen molar-refractivity contribution in [2.24, 2.45) is 0 Å². The van der Waals surface area contributed by atoms with Crippen molar-refractivity contribution in [2.75, 3.05) is 7.05 Å². The fourth-order valence-corrected chi connectivity index (χ4v) is 1.81. The Balaban J connectivity index is 2.04. The van der Waals surface area contributed by atoms with Gasteiger partial charge < -0.3 is 10.1 Å². The lowest BCUT2D eigenvalue weighted by molar-refractivity contribution is -0.137. The monoisotopic (exact) mass is 296 g/mol. The second-order valence-corrected chi connectivity index (χ2v) is 4.46. The predicted molar refractivity (Wildman–Crippen MR) is 72.8 cm³/mol. The molecule has 0 spiro atoms. The molecule has 0 bridgehead atoms. The van der Waals surface area contributed by atoms with Crippen molar-refractivity contribution in [3.8, 4) is 5.75 Å². The zero-order valence-electron chi connectivity index (χ0n) is 11.4. The van der Waals surface area contributed by atoms with Gasteiger partial charge in [0, 0.05) is 6.54 Å². The molecule has 0 radical (unpaired) electrons. The maximum Gasteiger partial charge on any atom is 0.416 e. The molecule has 0 saturated heterocycles. The average molecular weight is 296 g/mol. The summed E-state index contributed by atoms with van der Waals surface area (Å²) in [5.74, 6) is 0.172. The molecule has 3 nitrogen and oxygen atoms in total. The van der Waals surface area contributed by atoms with Gasteiger partial charge in [0.1, 0.15) is 12.4 Å². The van der Waals surface area contributed by atoms with Crippen LogP contribution in [0.25, 0.3) is 0 Å². The number of nitrogens with zero attached hydrogens (tertiary/aromatic N) is 1. The summed E-state index contributed by atoms with van der Waals surface area (Å²) in [5, 5.41) is 2.98. The van der Waals surface area contributed by atoms with E-state index in [1.54, 1.807) is 6.07 Å². The van der Waals surface area contributed by atoms with E-state index >= 15 is 0 Å².